The topological polar surface area (TPSA) is 49.4 Å². The van der Waals surface area contributed by atoms with Crippen LogP contribution in [0, 0.1) is 0 Å². The molecule has 2 amide bonds. The van der Waals surface area contributed by atoms with Crippen LogP contribution in [0.25, 0.3) is 6.08 Å². The summed E-state index contributed by atoms with van der Waals surface area (Å²) < 4.78 is 0.556. The molecule has 1 aromatic rings. The molecule has 0 radical (unpaired) electrons. The van der Waals surface area contributed by atoms with E-state index in [2.05, 4.69) is 5.32 Å². The largest absolute Gasteiger partial charge is 0.350 e. The lowest BCUT2D eigenvalue weighted by atomic mass is 10.1. The molecule has 1 atom stereocenters. The van der Waals surface area contributed by atoms with E-state index in [0.717, 1.165) is 12.0 Å². The molecule has 1 N–H and O–H groups in total. The molecule has 1 aliphatic rings. The summed E-state index contributed by atoms with van der Waals surface area (Å²) in [5, 5.41) is 2.92. The lowest BCUT2D eigenvalue weighted by Crippen LogP contribution is -2.31. The molecule has 1 fully saturated rings. The smallest absolute Gasteiger partial charge is 0.265 e. The Morgan fingerprint density at radius 2 is 2.05 bits per heavy atom. The summed E-state index contributed by atoms with van der Waals surface area (Å²) >= 11 is 6.38. The zero-order valence-electron chi connectivity index (χ0n) is 12.8. The van der Waals surface area contributed by atoms with E-state index in [1.165, 1.54) is 16.7 Å². The van der Waals surface area contributed by atoms with E-state index in [4.69, 9.17) is 12.2 Å². The molecule has 1 aromatic carbocycles. The van der Waals surface area contributed by atoms with Crippen molar-refractivity contribution in [2.75, 3.05) is 7.05 Å². The molecule has 1 saturated heterocycles. The van der Waals surface area contributed by atoms with Crippen LogP contribution in [-0.2, 0) is 4.79 Å². The van der Waals surface area contributed by atoms with Crippen molar-refractivity contribution in [1.29, 1.82) is 0 Å². The molecule has 0 aliphatic carbocycles. The first-order valence-electron chi connectivity index (χ1n) is 7.05. The highest BCUT2D eigenvalue weighted by Crippen LogP contribution is 2.31. The number of thioether (sulfide) groups is 1. The maximum absolute atomic E-state index is 12.0. The fourth-order valence-electron chi connectivity index (χ4n) is 1.84. The summed E-state index contributed by atoms with van der Waals surface area (Å²) in [4.78, 5) is 26.0. The summed E-state index contributed by atoms with van der Waals surface area (Å²) in [5.74, 6) is -0.172. The lowest BCUT2D eigenvalue weighted by molar-refractivity contribution is -0.121. The molecule has 4 nitrogen and oxygen atoms in total. The standard InChI is InChI=1S/C16H18N2O2S2/c1-4-10(2)17-14(19)12-7-5-11(6-8-12)9-13-15(20)18(3)16(21)22-13/h5-10H,4H2,1-3H3,(H,17,19)/b13-9-/t10-/m0/s1. The van der Waals surface area contributed by atoms with Crippen LogP contribution in [-0.4, -0.2) is 34.1 Å². The van der Waals surface area contributed by atoms with Gasteiger partial charge in [-0.15, -0.1) is 0 Å². The Balaban J connectivity index is 2.11. The van der Waals surface area contributed by atoms with Gasteiger partial charge in [-0.2, -0.15) is 0 Å². The molecule has 0 spiro atoms. The van der Waals surface area contributed by atoms with Crippen molar-refractivity contribution in [2.24, 2.45) is 0 Å². The van der Waals surface area contributed by atoms with E-state index in [9.17, 15) is 9.59 Å². The minimum Gasteiger partial charge on any atom is -0.350 e. The van der Waals surface area contributed by atoms with Gasteiger partial charge in [0.15, 0.2) is 0 Å². The third-order valence-corrected chi connectivity index (χ3v) is 4.93. The molecular weight excluding hydrogens is 316 g/mol. The molecule has 1 aliphatic heterocycles. The number of rotatable bonds is 4. The Labute approximate surface area is 140 Å². The van der Waals surface area contributed by atoms with Gasteiger partial charge in [-0.25, -0.2) is 0 Å². The van der Waals surface area contributed by atoms with Crippen molar-refractivity contribution in [2.45, 2.75) is 26.3 Å². The van der Waals surface area contributed by atoms with E-state index in [1.807, 2.05) is 26.0 Å². The summed E-state index contributed by atoms with van der Waals surface area (Å²) in [5.41, 5.74) is 1.48. The van der Waals surface area contributed by atoms with Gasteiger partial charge >= 0.3 is 0 Å². The van der Waals surface area contributed by atoms with Gasteiger partial charge in [-0.1, -0.05) is 43.0 Å². The average molecular weight is 334 g/mol. The van der Waals surface area contributed by atoms with Crippen molar-refractivity contribution < 1.29 is 9.59 Å². The van der Waals surface area contributed by atoms with Crippen LogP contribution in [0.15, 0.2) is 29.2 Å². The molecule has 116 valence electrons. The number of hydrogen-bond acceptors (Lipinski definition) is 4. The summed E-state index contributed by atoms with van der Waals surface area (Å²) in [6.07, 6.45) is 2.68. The summed E-state index contributed by atoms with van der Waals surface area (Å²) in [6.45, 7) is 4.00. The molecule has 0 saturated carbocycles. The van der Waals surface area contributed by atoms with Gasteiger partial charge in [-0.05, 0) is 37.1 Å². The molecule has 0 aromatic heterocycles. The first-order chi connectivity index (χ1) is 10.4. The van der Waals surface area contributed by atoms with Gasteiger partial charge in [0.25, 0.3) is 11.8 Å². The van der Waals surface area contributed by atoms with E-state index in [0.29, 0.717) is 14.8 Å². The third kappa shape index (κ3) is 3.75. The highest BCUT2D eigenvalue weighted by molar-refractivity contribution is 8.26. The average Bonchev–Trinajstić information content (AvgIpc) is 2.75. The van der Waals surface area contributed by atoms with E-state index < -0.39 is 0 Å². The van der Waals surface area contributed by atoms with Crippen molar-refractivity contribution in [3.63, 3.8) is 0 Å². The van der Waals surface area contributed by atoms with Gasteiger partial charge in [0, 0.05) is 18.7 Å². The Kier molecular flexibility index (Phi) is 5.37. The van der Waals surface area contributed by atoms with Crippen molar-refractivity contribution in [3.8, 4) is 0 Å². The predicted molar refractivity (Wildman–Crippen MR) is 94.6 cm³/mol. The fourth-order valence-corrected chi connectivity index (χ4v) is 3.02. The highest BCUT2D eigenvalue weighted by Gasteiger charge is 2.28. The minimum absolute atomic E-state index is 0.0826. The Morgan fingerprint density at radius 1 is 1.41 bits per heavy atom. The number of thiocarbonyl (C=S) groups is 1. The first kappa shape index (κ1) is 16.7. The second-order valence-corrected chi connectivity index (χ2v) is 6.82. The fraction of sp³-hybridized carbons (Fsp3) is 0.312. The third-order valence-electron chi connectivity index (χ3n) is 3.45. The molecule has 0 unspecified atom stereocenters. The molecule has 2 rings (SSSR count). The summed E-state index contributed by atoms with van der Waals surface area (Å²) in [7, 11) is 1.67. The SMILES string of the molecule is CC[C@H](C)NC(=O)c1ccc(/C=C2\SC(=S)N(C)C2=O)cc1. The van der Waals surface area contributed by atoms with Crippen molar-refractivity contribution in [1.82, 2.24) is 10.2 Å². The van der Waals surface area contributed by atoms with E-state index in [1.54, 1.807) is 25.3 Å². The van der Waals surface area contributed by atoms with Crippen LogP contribution in [0.1, 0.15) is 36.2 Å². The zero-order valence-corrected chi connectivity index (χ0v) is 14.4. The Bertz CT molecular complexity index is 638. The number of hydrogen-bond donors (Lipinski definition) is 1. The van der Waals surface area contributed by atoms with Crippen molar-refractivity contribution in [3.05, 3.63) is 40.3 Å². The van der Waals surface area contributed by atoms with Crippen LogP contribution in [0.2, 0.25) is 0 Å². The van der Waals surface area contributed by atoms with E-state index >= 15 is 0 Å². The number of carbonyl (C=O) groups excluding carboxylic acids is 2. The zero-order chi connectivity index (χ0) is 16.3. The minimum atomic E-state index is -0.0893. The molecule has 22 heavy (non-hydrogen) atoms. The highest BCUT2D eigenvalue weighted by atomic mass is 32.2. The van der Waals surface area contributed by atoms with Crippen LogP contribution in [0.3, 0.4) is 0 Å². The molecule has 0 bridgehead atoms. The second kappa shape index (κ2) is 7.07. The molecular formula is C16H18N2O2S2. The van der Waals surface area contributed by atoms with Gasteiger partial charge in [0.05, 0.1) is 4.91 Å². The number of nitrogens with one attached hydrogen (secondary N) is 1. The lowest BCUT2D eigenvalue weighted by Gasteiger charge is -2.11. The first-order valence-corrected chi connectivity index (χ1v) is 8.27. The second-order valence-electron chi connectivity index (χ2n) is 5.15. The number of carbonyl (C=O) groups is 2. The molecule has 6 heteroatoms. The number of amides is 2. The predicted octanol–water partition coefficient (Wildman–Crippen LogP) is 3.05. The number of likely N-dealkylation sites (N-methyl/N-ethyl adjacent to an activating group) is 1. The maximum atomic E-state index is 12.0. The van der Waals surface area contributed by atoms with Gasteiger partial charge in [-0.3, -0.25) is 14.5 Å². The Hall–Kier alpha value is -1.66. The van der Waals surface area contributed by atoms with E-state index in [-0.39, 0.29) is 17.9 Å². The van der Waals surface area contributed by atoms with Crippen LogP contribution in [0.5, 0.6) is 0 Å². The maximum Gasteiger partial charge on any atom is 0.265 e. The summed E-state index contributed by atoms with van der Waals surface area (Å²) in [6, 6.07) is 7.33. The van der Waals surface area contributed by atoms with Gasteiger partial charge in [0.1, 0.15) is 4.32 Å². The number of nitrogens with zero attached hydrogens (tertiary/aromatic N) is 1. The Morgan fingerprint density at radius 3 is 2.55 bits per heavy atom. The quantitative estimate of drug-likeness (QED) is 0.679. The molecule has 1 heterocycles. The number of benzene rings is 1. The van der Waals surface area contributed by atoms with Crippen LogP contribution < -0.4 is 5.32 Å². The van der Waals surface area contributed by atoms with Crippen molar-refractivity contribution >= 4 is 46.2 Å². The van der Waals surface area contributed by atoms with Gasteiger partial charge in [0.2, 0.25) is 0 Å². The van der Waals surface area contributed by atoms with Gasteiger partial charge < -0.3 is 5.32 Å². The van der Waals surface area contributed by atoms with Crippen LogP contribution in [0.4, 0.5) is 0 Å². The van der Waals surface area contributed by atoms with Crippen LogP contribution >= 0.6 is 24.0 Å². The normalized spacial score (nSPS) is 18.0. The monoisotopic (exact) mass is 334 g/mol.